The molecule has 7 heteroatoms. The van der Waals surface area contributed by atoms with Crippen LogP contribution in [0.15, 0.2) is 37.2 Å². The molecule has 1 aliphatic rings. The SMILES string of the molecule is Cc1cnn2cc(-c3cnn(C)c3)nc(-c3cnn(C4CCC4)c3)c12. The van der Waals surface area contributed by atoms with Crippen LogP contribution < -0.4 is 0 Å². The molecule has 0 N–H and O–H groups in total. The molecule has 0 bridgehead atoms. The highest BCUT2D eigenvalue weighted by Gasteiger charge is 2.21. The maximum absolute atomic E-state index is 4.94. The summed E-state index contributed by atoms with van der Waals surface area (Å²) in [6.45, 7) is 2.06. The average Bonchev–Trinajstić information content (AvgIpc) is 3.26. The van der Waals surface area contributed by atoms with Crippen molar-refractivity contribution in [2.45, 2.75) is 32.2 Å². The second-order valence-corrected chi connectivity index (χ2v) is 6.79. The number of hydrogen-bond donors (Lipinski definition) is 0. The second kappa shape index (κ2) is 5.27. The Bertz CT molecular complexity index is 1060. The molecule has 1 fully saturated rings. The van der Waals surface area contributed by atoms with Crippen molar-refractivity contribution in [1.29, 1.82) is 0 Å². The van der Waals surface area contributed by atoms with E-state index in [1.54, 1.807) is 4.68 Å². The first-order valence-corrected chi connectivity index (χ1v) is 8.57. The molecule has 1 aliphatic carbocycles. The van der Waals surface area contributed by atoms with E-state index in [0.29, 0.717) is 6.04 Å². The molecule has 25 heavy (non-hydrogen) atoms. The van der Waals surface area contributed by atoms with Crippen LogP contribution in [-0.2, 0) is 7.05 Å². The summed E-state index contributed by atoms with van der Waals surface area (Å²) in [4.78, 5) is 4.94. The first-order chi connectivity index (χ1) is 12.2. The molecule has 0 radical (unpaired) electrons. The molecule has 126 valence electrons. The number of aryl methyl sites for hydroxylation is 2. The smallest absolute Gasteiger partial charge is 0.100 e. The molecule has 4 aromatic rings. The Labute approximate surface area is 144 Å². The van der Waals surface area contributed by atoms with E-state index in [0.717, 1.165) is 33.6 Å². The third-order valence-electron chi connectivity index (χ3n) is 5.00. The Morgan fingerprint density at radius 1 is 0.960 bits per heavy atom. The Hall–Kier alpha value is -2.96. The molecular weight excluding hydrogens is 314 g/mol. The van der Waals surface area contributed by atoms with Gasteiger partial charge in [0.05, 0.1) is 42.0 Å². The monoisotopic (exact) mass is 333 g/mol. The largest absolute Gasteiger partial charge is 0.275 e. The zero-order valence-electron chi connectivity index (χ0n) is 14.3. The van der Waals surface area contributed by atoms with Gasteiger partial charge in [-0.25, -0.2) is 9.50 Å². The van der Waals surface area contributed by atoms with E-state index in [4.69, 9.17) is 4.98 Å². The van der Waals surface area contributed by atoms with Crippen LogP contribution in [0.1, 0.15) is 30.9 Å². The van der Waals surface area contributed by atoms with Crippen molar-refractivity contribution < 1.29 is 0 Å². The Morgan fingerprint density at radius 3 is 2.52 bits per heavy atom. The molecule has 0 aliphatic heterocycles. The summed E-state index contributed by atoms with van der Waals surface area (Å²) in [6, 6.07) is 0.539. The lowest BCUT2D eigenvalue weighted by molar-refractivity contribution is 0.289. The quantitative estimate of drug-likeness (QED) is 0.578. The molecule has 4 aromatic heterocycles. The molecule has 0 amide bonds. The van der Waals surface area contributed by atoms with E-state index >= 15 is 0 Å². The van der Waals surface area contributed by atoms with E-state index in [9.17, 15) is 0 Å². The number of nitrogens with zero attached hydrogens (tertiary/aromatic N) is 7. The summed E-state index contributed by atoms with van der Waals surface area (Å²) in [5, 5.41) is 13.3. The molecule has 0 atom stereocenters. The van der Waals surface area contributed by atoms with Crippen LogP contribution in [0.4, 0.5) is 0 Å². The molecule has 1 saturated carbocycles. The van der Waals surface area contributed by atoms with Gasteiger partial charge in [-0.05, 0) is 31.7 Å². The van der Waals surface area contributed by atoms with Gasteiger partial charge >= 0.3 is 0 Å². The molecular formula is C18H19N7. The maximum Gasteiger partial charge on any atom is 0.100 e. The first kappa shape index (κ1) is 14.4. The molecule has 0 unspecified atom stereocenters. The molecule has 5 rings (SSSR count). The van der Waals surface area contributed by atoms with Gasteiger partial charge in [0.25, 0.3) is 0 Å². The van der Waals surface area contributed by atoms with Gasteiger partial charge in [0, 0.05) is 30.6 Å². The van der Waals surface area contributed by atoms with Crippen LogP contribution >= 0.6 is 0 Å². The van der Waals surface area contributed by atoms with Crippen LogP contribution in [-0.4, -0.2) is 34.2 Å². The van der Waals surface area contributed by atoms with Crippen molar-refractivity contribution >= 4 is 5.52 Å². The van der Waals surface area contributed by atoms with E-state index in [2.05, 4.69) is 33.1 Å². The van der Waals surface area contributed by atoms with Gasteiger partial charge in [-0.3, -0.25) is 9.36 Å². The van der Waals surface area contributed by atoms with Gasteiger partial charge in [-0.2, -0.15) is 15.3 Å². The van der Waals surface area contributed by atoms with E-state index in [1.165, 1.54) is 19.3 Å². The van der Waals surface area contributed by atoms with Gasteiger partial charge in [0.15, 0.2) is 0 Å². The van der Waals surface area contributed by atoms with Crippen LogP contribution in [0, 0.1) is 6.92 Å². The number of hydrogen-bond acceptors (Lipinski definition) is 4. The molecule has 4 heterocycles. The molecule has 0 saturated heterocycles. The Morgan fingerprint density at radius 2 is 1.80 bits per heavy atom. The highest BCUT2D eigenvalue weighted by Crippen LogP contribution is 2.33. The zero-order chi connectivity index (χ0) is 17.0. The van der Waals surface area contributed by atoms with E-state index < -0.39 is 0 Å². The Balaban J connectivity index is 1.69. The van der Waals surface area contributed by atoms with Crippen LogP contribution in [0.2, 0.25) is 0 Å². The zero-order valence-corrected chi connectivity index (χ0v) is 14.3. The fourth-order valence-electron chi connectivity index (χ4n) is 3.36. The lowest BCUT2D eigenvalue weighted by Crippen LogP contribution is -2.16. The Kier molecular flexibility index (Phi) is 3.03. The van der Waals surface area contributed by atoms with Crippen molar-refractivity contribution in [3.05, 3.63) is 42.7 Å². The van der Waals surface area contributed by atoms with Gasteiger partial charge in [-0.1, -0.05) is 0 Å². The number of aromatic nitrogens is 7. The van der Waals surface area contributed by atoms with Crippen molar-refractivity contribution in [1.82, 2.24) is 34.2 Å². The summed E-state index contributed by atoms with van der Waals surface area (Å²) >= 11 is 0. The standard InChI is InChI=1S/C18H19N7/c1-12-6-20-25-11-16(13-7-19-23(2)9-13)22-17(18(12)25)14-8-21-24(10-14)15-4-3-5-15/h6-11,15H,3-5H2,1-2H3. The fourth-order valence-corrected chi connectivity index (χ4v) is 3.36. The van der Waals surface area contributed by atoms with Crippen molar-refractivity contribution in [2.75, 3.05) is 0 Å². The summed E-state index contributed by atoms with van der Waals surface area (Å²) in [6.07, 6.45) is 15.4. The van der Waals surface area contributed by atoms with Crippen molar-refractivity contribution in [3.8, 4) is 22.5 Å². The summed E-state index contributed by atoms with van der Waals surface area (Å²) in [7, 11) is 1.91. The fraction of sp³-hybridized carbons (Fsp3) is 0.333. The predicted molar refractivity (Wildman–Crippen MR) is 94.0 cm³/mol. The number of fused-ring (bicyclic) bond motifs is 1. The lowest BCUT2D eigenvalue weighted by atomic mass is 9.93. The maximum atomic E-state index is 4.94. The van der Waals surface area contributed by atoms with Gasteiger partial charge in [0.2, 0.25) is 0 Å². The first-order valence-electron chi connectivity index (χ1n) is 8.57. The molecule has 7 nitrogen and oxygen atoms in total. The molecule has 0 spiro atoms. The van der Waals surface area contributed by atoms with Crippen LogP contribution in [0.5, 0.6) is 0 Å². The predicted octanol–water partition coefficient (Wildman–Crippen LogP) is 3.03. The minimum Gasteiger partial charge on any atom is -0.275 e. The highest BCUT2D eigenvalue weighted by atomic mass is 15.3. The van der Waals surface area contributed by atoms with E-state index in [1.807, 2.05) is 42.5 Å². The van der Waals surface area contributed by atoms with Crippen molar-refractivity contribution in [2.24, 2.45) is 7.05 Å². The third kappa shape index (κ3) is 2.26. The van der Waals surface area contributed by atoms with Crippen LogP contribution in [0.3, 0.4) is 0 Å². The topological polar surface area (TPSA) is 65.8 Å². The molecule has 0 aromatic carbocycles. The summed E-state index contributed by atoms with van der Waals surface area (Å²) < 4.78 is 5.77. The third-order valence-corrected chi connectivity index (χ3v) is 5.00. The van der Waals surface area contributed by atoms with Crippen LogP contribution in [0.25, 0.3) is 28.0 Å². The van der Waals surface area contributed by atoms with E-state index in [-0.39, 0.29) is 0 Å². The highest BCUT2D eigenvalue weighted by molar-refractivity contribution is 5.80. The minimum atomic E-state index is 0.539. The summed E-state index contributed by atoms with van der Waals surface area (Å²) in [5.74, 6) is 0. The normalized spacial score (nSPS) is 15.0. The summed E-state index contributed by atoms with van der Waals surface area (Å²) in [5.41, 5.74) is 5.92. The number of rotatable bonds is 3. The van der Waals surface area contributed by atoms with Gasteiger partial charge in [0.1, 0.15) is 5.69 Å². The van der Waals surface area contributed by atoms with Gasteiger partial charge in [-0.15, -0.1) is 0 Å². The minimum absolute atomic E-state index is 0.539. The second-order valence-electron chi connectivity index (χ2n) is 6.79. The lowest BCUT2D eigenvalue weighted by Gasteiger charge is -2.25. The average molecular weight is 333 g/mol. The van der Waals surface area contributed by atoms with Gasteiger partial charge < -0.3 is 0 Å². The van der Waals surface area contributed by atoms with Crippen molar-refractivity contribution in [3.63, 3.8) is 0 Å².